The van der Waals surface area contributed by atoms with Crippen LogP contribution in [0, 0.1) is 13.8 Å². The monoisotopic (exact) mass is 294 g/mol. The first-order valence-electron chi connectivity index (χ1n) is 7.76. The Bertz CT molecular complexity index is 451. The van der Waals surface area contributed by atoms with Gasteiger partial charge in [-0.1, -0.05) is 0 Å². The molecule has 5 heteroatoms. The van der Waals surface area contributed by atoms with Crippen molar-refractivity contribution in [1.82, 2.24) is 14.8 Å². The van der Waals surface area contributed by atoms with Crippen molar-refractivity contribution in [2.45, 2.75) is 51.7 Å². The Balaban J connectivity index is 1.53. The second-order valence-electron chi connectivity index (χ2n) is 6.29. The largest absolute Gasteiger partial charge is 0.328 e. The number of aryl methyl sites for hydroxylation is 2. The number of piperidine rings is 1. The third-order valence-corrected chi connectivity index (χ3v) is 5.76. The van der Waals surface area contributed by atoms with Gasteiger partial charge in [0.15, 0.2) is 0 Å². The lowest BCUT2D eigenvalue weighted by molar-refractivity contribution is 0.151. The number of thiazole rings is 1. The van der Waals surface area contributed by atoms with Crippen molar-refractivity contribution in [1.29, 1.82) is 0 Å². The van der Waals surface area contributed by atoms with Crippen LogP contribution in [0.1, 0.15) is 34.8 Å². The van der Waals surface area contributed by atoms with Crippen LogP contribution in [0.4, 0.5) is 0 Å². The fourth-order valence-electron chi connectivity index (χ4n) is 3.46. The van der Waals surface area contributed by atoms with Gasteiger partial charge in [0.05, 0.1) is 10.7 Å². The van der Waals surface area contributed by atoms with Crippen molar-refractivity contribution in [3.8, 4) is 0 Å². The summed E-state index contributed by atoms with van der Waals surface area (Å²) in [5.41, 5.74) is 7.22. The van der Waals surface area contributed by atoms with Crippen molar-refractivity contribution >= 4 is 11.3 Å². The van der Waals surface area contributed by atoms with Crippen LogP contribution in [0.2, 0.25) is 0 Å². The molecule has 3 rings (SSSR count). The second-order valence-corrected chi connectivity index (χ2v) is 7.58. The van der Waals surface area contributed by atoms with Crippen molar-refractivity contribution < 1.29 is 0 Å². The normalized spacial score (nSPS) is 26.4. The number of hydrogen-bond acceptors (Lipinski definition) is 5. The van der Waals surface area contributed by atoms with Gasteiger partial charge in [-0.2, -0.15) is 0 Å². The number of nitrogens with two attached hydrogens (primary N) is 1. The van der Waals surface area contributed by atoms with E-state index in [4.69, 9.17) is 5.73 Å². The van der Waals surface area contributed by atoms with Gasteiger partial charge in [0.2, 0.25) is 0 Å². The fraction of sp³-hybridized carbons (Fsp3) is 0.800. The van der Waals surface area contributed by atoms with Gasteiger partial charge in [-0.05, 0) is 46.2 Å². The summed E-state index contributed by atoms with van der Waals surface area (Å²) < 4.78 is 0. The van der Waals surface area contributed by atoms with Crippen molar-refractivity contribution in [2.24, 2.45) is 5.73 Å². The van der Waals surface area contributed by atoms with E-state index in [9.17, 15) is 0 Å². The van der Waals surface area contributed by atoms with E-state index < -0.39 is 0 Å². The summed E-state index contributed by atoms with van der Waals surface area (Å²) in [5.74, 6) is 0. The van der Waals surface area contributed by atoms with Gasteiger partial charge in [0, 0.05) is 36.6 Å². The van der Waals surface area contributed by atoms with E-state index in [2.05, 4.69) is 28.6 Å². The summed E-state index contributed by atoms with van der Waals surface area (Å²) in [4.78, 5) is 11.2. The highest BCUT2D eigenvalue weighted by molar-refractivity contribution is 7.11. The zero-order chi connectivity index (χ0) is 14.1. The Morgan fingerprint density at radius 1 is 1.20 bits per heavy atom. The molecular weight excluding hydrogens is 268 g/mol. The minimum Gasteiger partial charge on any atom is -0.328 e. The summed E-state index contributed by atoms with van der Waals surface area (Å²) in [6, 6.07) is 1.18. The van der Waals surface area contributed by atoms with Crippen LogP contribution in [0.25, 0.3) is 0 Å². The lowest BCUT2D eigenvalue weighted by Crippen LogP contribution is -2.46. The van der Waals surface area contributed by atoms with Crippen LogP contribution < -0.4 is 5.73 Å². The molecule has 4 nitrogen and oxygen atoms in total. The Labute approximate surface area is 126 Å². The van der Waals surface area contributed by atoms with E-state index in [0.29, 0.717) is 6.04 Å². The average molecular weight is 294 g/mol. The highest BCUT2D eigenvalue weighted by atomic mass is 32.1. The summed E-state index contributed by atoms with van der Waals surface area (Å²) in [7, 11) is 0. The maximum Gasteiger partial charge on any atom is 0.0900 e. The van der Waals surface area contributed by atoms with Crippen LogP contribution in [-0.4, -0.2) is 53.0 Å². The Hall–Kier alpha value is -0.490. The lowest BCUT2D eigenvalue weighted by Gasteiger charge is -2.34. The molecule has 1 atom stereocenters. The van der Waals surface area contributed by atoms with Crippen LogP contribution in [0.15, 0.2) is 0 Å². The summed E-state index contributed by atoms with van der Waals surface area (Å²) >= 11 is 1.86. The summed E-state index contributed by atoms with van der Waals surface area (Å²) in [6.45, 7) is 10.1. The van der Waals surface area contributed by atoms with E-state index in [0.717, 1.165) is 12.6 Å². The maximum absolute atomic E-state index is 6.00. The topological polar surface area (TPSA) is 45.4 Å². The minimum atomic E-state index is 0.437. The first kappa shape index (κ1) is 14.4. The van der Waals surface area contributed by atoms with Gasteiger partial charge in [0.25, 0.3) is 0 Å². The van der Waals surface area contributed by atoms with Crippen molar-refractivity contribution in [3.63, 3.8) is 0 Å². The first-order chi connectivity index (χ1) is 9.61. The molecule has 3 heterocycles. The van der Waals surface area contributed by atoms with E-state index in [1.165, 1.54) is 61.0 Å². The highest BCUT2D eigenvalue weighted by Gasteiger charge is 2.30. The molecule has 2 aliphatic heterocycles. The average Bonchev–Trinajstić information content (AvgIpc) is 2.98. The lowest BCUT2D eigenvalue weighted by atomic mass is 10.0. The molecular formula is C15H26N4S. The first-order valence-corrected chi connectivity index (χ1v) is 8.58. The molecule has 112 valence electrons. The molecule has 2 saturated heterocycles. The number of hydrogen-bond donors (Lipinski definition) is 1. The summed E-state index contributed by atoms with van der Waals surface area (Å²) in [6.07, 6.45) is 3.65. The number of likely N-dealkylation sites (tertiary alicyclic amines) is 2. The van der Waals surface area contributed by atoms with E-state index in [-0.39, 0.29) is 0 Å². The zero-order valence-corrected chi connectivity index (χ0v) is 13.5. The molecule has 2 N–H and O–H groups in total. The Morgan fingerprint density at radius 2 is 1.95 bits per heavy atom. The molecule has 20 heavy (non-hydrogen) atoms. The molecule has 2 aliphatic rings. The predicted molar refractivity (Wildman–Crippen MR) is 84.1 cm³/mol. The van der Waals surface area contributed by atoms with Crippen molar-refractivity contribution in [2.75, 3.05) is 26.2 Å². The SMILES string of the molecule is Cc1nc(C)c(CN2CCC(N3CCC(N)CC3)C2)s1. The molecule has 1 unspecified atom stereocenters. The van der Waals surface area contributed by atoms with Crippen LogP contribution in [-0.2, 0) is 6.54 Å². The van der Waals surface area contributed by atoms with Gasteiger partial charge < -0.3 is 5.73 Å². The molecule has 0 spiro atoms. The van der Waals surface area contributed by atoms with E-state index in [1.807, 2.05) is 11.3 Å². The molecule has 1 aromatic heterocycles. The van der Waals surface area contributed by atoms with Gasteiger partial charge >= 0.3 is 0 Å². The van der Waals surface area contributed by atoms with E-state index >= 15 is 0 Å². The molecule has 0 amide bonds. The highest BCUT2D eigenvalue weighted by Crippen LogP contribution is 2.24. The number of rotatable bonds is 3. The van der Waals surface area contributed by atoms with Crippen LogP contribution in [0.5, 0.6) is 0 Å². The number of aromatic nitrogens is 1. The quantitative estimate of drug-likeness (QED) is 0.922. The molecule has 2 fully saturated rings. The third kappa shape index (κ3) is 3.22. The zero-order valence-electron chi connectivity index (χ0n) is 12.6. The van der Waals surface area contributed by atoms with Gasteiger partial charge in [-0.25, -0.2) is 4.98 Å². The standard InChI is InChI=1S/C15H26N4S/c1-11-15(20-12(2)17-11)10-18-6-5-14(9-18)19-7-3-13(16)4-8-19/h13-14H,3-10,16H2,1-2H3. The van der Waals surface area contributed by atoms with Crippen LogP contribution >= 0.6 is 11.3 Å². The third-order valence-electron chi connectivity index (χ3n) is 4.70. The molecule has 0 aliphatic carbocycles. The van der Waals surface area contributed by atoms with Crippen LogP contribution in [0.3, 0.4) is 0 Å². The molecule has 0 aromatic carbocycles. The maximum atomic E-state index is 6.00. The van der Waals surface area contributed by atoms with E-state index in [1.54, 1.807) is 0 Å². The van der Waals surface area contributed by atoms with Gasteiger partial charge in [0.1, 0.15) is 0 Å². The predicted octanol–water partition coefficient (Wildman–Crippen LogP) is 1.76. The van der Waals surface area contributed by atoms with Gasteiger partial charge in [-0.3, -0.25) is 9.80 Å². The summed E-state index contributed by atoms with van der Waals surface area (Å²) in [5, 5.41) is 1.19. The second kappa shape index (κ2) is 6.10. The Kier molecular flexibility index (Phi) is 4.40. The molecule has 1 aromatic rings. The molecule has 0 saturated carbocycles. The fourth-order valence-corrected chi connectivity index (χ4v) is 4.44. The van der Waals surface area contributed by atoms with Crippen molar-refractivity contribution in [3.05, 3.63) is 15.6 Å². The minimum absolute atomic E-state index is 0.437. The molecule has 0 radical (unpaired) electrons. The van der Waals surface area contributed by atoms with Gasteiger partial charge in [-0.15, -0.1) is 11.3 Å². The molecule has 0 bridgehead atoms. The smallest absolute Gasteiger partial charge is 0.0900 e. The Morgan fingerprint density at radius 3 is 2.60 bits per heavy atom. The number of nitrogens with zero attached hydrogens (tertiary/aromatic N) is 3.